The minimum Gasteiger partial charge on any atom is -0.360 e. The van der Waals surface area contributed by atoms with Crippen LogP contribution in [0.2, 0.25) is 5.02 Å². The summed E-state index contributed by atoms with van der Waals surface area (Å²) in [6.07, 6.45) is 3.79. The van der Waals surface area contributed by atoms with E-state index in [0.29, 0.717) is 11.4 Å². The molecule has 1 saturated heterocycles. The Balaban J connectivity index is 0.00000176. The van der Waals surface area contributed by atoms with Crippen LogP contribution in [-0.4, -0.2) is 34.4 Å². The lowest BCUT2D eigenvalue weighted by Gasteiger charge is -2.09. The minimum atomic E-state index is -0.546. The summed E-state index contributed by atoms with van der Waals surface area (Å²) in [6.45, 7) is 3.77. The maximum Gasteiger partial charge on any atom is 0.325 e. The second kappa shape index (κ2) is 6.23. The molecule has 0 saturated carbocycles. The van der Waals surface area contributed by atoms with Gasteiger partial charge in [0.2, 0.25) is 0 Å². The van der Waals surface area contributed by atoms with Crippen molar-refractivity contribution in [2.45, 2.75) is 19.9 Å². The summed E-state index contributed by atoms with van der Waals surface area (Å²) >= 11 is 6.12. The molecular formula is C16H18ClN3O2. The number of nitrogens with one attached hydrogen (secondary N) is 2. The third kappa shape index (κ3) is 2.60. The molecule has 1 fully saturated rings. The Labute approximate surface area is 133 Å². The number of hydrogen-bond acceptors (Lipinski definition) is 2. The maximum absolute atomic E-state index is 12.2. The van der Waals surface area contributed by atoms with Gasteiger partial charge in [-0.15, -0.1) is 6.58 Å². The van der Waals surface area contributed by atoms with E-state index in [1.54, 1.807) is 6.07 Å². The van der Waals surface area contributed by atoms with Gasteiger partial charge in [-0.3, -0.25) is 9.69 Å². The molecule has 0 aliphatic carbocycles. The van der Waals surface area contributed by atoms with E-state index in [4.69, 9.17) is 11.6 Å². The van der Waals surface area contributed by atoms with Gasteiger partial charge in [0.05, 0.1) is 10.5 Å². The molecule has 1 aliphatic rings. The lowest BCUT2D eigenvalue weighted by atomic mass is 10.1. The van der Waals surface area contributed by atoms with Gasteiger partial charge in [0, 0.05) is 24.5 Å². The van der Waals surface area contributed by atoms with Gasteiger partial charge in [-0.2, -0.15) is 0 Å². The predicted octanol–water partition coefficient (Wildman–Crippen LogP) is 3.11. The van der Waals surface area contributed by atoms with Crippen molar-refractivity contribution in [2.24, 2.45) is 0 Å². The van der Waals surface area contributed by atoms with Crippen molar-refractivity contribution >= 4 is 34.4 Å². The van der Waals surface area contributed by atoms with E-state index < -0.39 is 6.04 Å². The highest BCUT2D eigenvalue weighted by molar-refractivity contribution is 6.35. The Hall–Kier alpha value is -2.27. The molecule has 6 heteroatoms. The molecule has 0 radical (unpaired) electrons. The van der Waals surface area contributed by atoms with Gasteiger partial charge < -0.3 is 10.3 Å². The van der Waals surface area contributed by atoms with Crippen LogP contribution in [0, 0.1) is 0 Å². The quantitative estimate of drug-likeness (QED) is 0.672. The molecule has 1 atom stereocenters. The van der Waals surface area contributed by atoms with Gasteiger partial charge in [0.1, 0.15) is 6.04 Å². The van der Waals surface area contributed by atoms with E-state index >= 15 is 0 Å². The molecular weight excluding hydrogens is 302 g/mol. The molecule has 2 aromatic rings. The summed E-state index contributed by atoms with van der Waals surface area (Å²) in [5, 5.41) is 4.30. The van der Waals surface area contributed by atoms with E-state index in [1.807, 2.05) is 18.3 Å². The molecule has 1 aliphatic heterocycles. The average molecular weight is 320 g/mol. The first-order valence-corrected chi connectivity index (χ1v) is 6.97. The lowest BCUT2D eigenvalue weighted by Crippen LogP contribution is -2.32. The summed E-state index contributed by atoms with van der Waals surface area (Å²) in [7, 11) is 0. The Kier molecular flexibility index (Phi) is 4.56. The summed E-state index contributed by atoms with van der Waals surface area (Å²) in [5.74, 6) is -0.226. The van der Waals surface area contributed by atoms with Gasteiger partial charge >= 0.3 is 6.03 Å². The van der Waals surface area contributed by atoms with E-state index in [0.717, 1.165) is 16.5 Å². The number of carbonyl (C=O) groups is 2. The van der Waals surface area contributed by atoms with Crippen LogP contribution in [0.5, 0.6) is 0 Å². The van der Waals surface area contributed by atoms with Crippen LogP contribution in [0.3, 0.4) is 0 Å². The van der Waals surface area contributed by atoms with Crippen LogP contribution in [0.1, 0.15) is 13.0 Å². The van der Waals surface area contributed by atoms with Crippen molar-refractivity contribution in [3.8, 4) is 0 Å². The molecule has 0 unspecified atom stereocenters. The van der Waals surface area contributed by atoms with E-state index in [1.165, 1.54) is 11.0 Å². The summed E-state index contributed by atoms with van der Waals surface area (Å²) < 4.78 is 0. The highest BCUT2D eigenvalue weighted by Gasteiger charge is 2.37. The number of nitrogens with zero attached hydrogens (tertiary/aromatic N) is 1. The Bertz CT molecular complexity index is 738. The summed E-state index contributed by atoms with van der Waals surface area (Å²) in [6, 6.07) is 4.69. The number of benzene rings is 1. The van der Waals surface area contributed by atoms with Crippen LogP contribution < -0.4 is 5.32 Å². The first kappa shape index (κ1) is 16.1. The molecule has 0 spiro atoms. The first-order valence-electron chi connectivity index (χ1n) is 6.59. The van der Waals surface area contributed by atoms with Crippen molar-refractivity contribution in [3.05, 3.63) is 47.6 Å². The van der Waals surface area contributed by atoms with Gasteiger partial charge in [-0.05, 0) is 11.6 Å². The van der Waals surface area contributed by atoms with E-state index in [2.05, 4.69) is 16.9 Å². The summed E-state index contributed by atoms with van der Waals surface area (Å²) in [5.41, 5.74) is 1.79. The first-order chi connectivity index (χ1) is 10.1. The van der Waals surface area contributed by atoms with Crippen molar-refractivity contribution in [2.75, 3.05) is 6.54 Å². The van der Waals surface area contributed by atoms with Crippen LogP contribution in [0.15, 0.2) is 37.1 Å². The van der Waals surface area contributed by atoms with E-state index in [9.17, 15) is 9.59 Å². The maximum atomic E-state index is 12.2. The van der Waals surface area contributed by atoms with Crippen molar-refractivity contribution in [1.29, 1.82) is 0 Å². The Morgan fingerprint density at radius 3 is 2.86 bits per heavy atom. The number of rotatable bonds is 4. The monoisotopic (exact) mass is 319 g/mol. The number of aromatic nitrogens is 1. The van der Waals surface area contributed by atoms with Gasteiger partial charge in [-0.25, -0.2) is 4.79 Å². The molecule has 2 heterocycles. The van der Waals surface area contributed by atoms with Gasteiger partial charge in [0.25, 0.3) is 5.91 Å². The Morgan fingerprint density at radius 2 is 2.14 bits per heavy atom. The number of aromatic amines is 1. The minimum absolute atomic E-state index is 0. The molecule has 0 bridgehead atoms. The highest BCUT2D eigenvalue weighted by Crippen LogP contribution is 2.26. The van der Waals surface area contributed by atoms with Crippen molar-refractivity contribution < 1.29 is 9.59 Å². The number of amides is 3. The van der Waals surface area contributed by atoms with Crippen molar-refractivity contribution in [1.82, 2.24) is 15.2 Å². The number of para-hydroxylation sites is 1. The standard InChI is InChI=1S/C15H14ClN3O2.CH4/c1-2-6-19-14(20)12(18-15(19)21)7-9-8-17-13-10(9)4-3-5-11(13)16;/h2-5,8,12,17H,1,6-7H2,(H,18,21);1H4/t12-;/m1./s1. The molecule has 2 N–H and O–H groups in total. The normalized spacial score (nSPS) is 17.5. The zero-order chi connectivity index (χ0) is 15.0. The van der Waals surface area contributed by atoms with Crippen LogP contribution >= 0.6 is 11.6 Å². The zero-order valence-electron chi connectivity index (χ0n) is 11.2. The van der Waals surface area contributed by atoms with Crippen LogP contribution in [-0.2, 0) is 11.2 Å². The number of imide groups is 1. The number of hydrogen-bond donors (Lipinski definition) is 2. The molecule has 1 aromatic heterocycles. The lowest BCUT2D eigenvalue weighted by molar-refractivity contribution is -0.127. The number of fused-ring (bicyclic) bond motifs is 1. The Morgan fingerprint density at radius 1 is 1.36 bits per heavy atom. The second-order valence-corrected chi connectivity index (χ2v) is 5.33. The number of carbonyl (C=O) groups excluding carboxylic acids is 2. The third-order valence-electron chi connectivity index (χ3n) is 3.59. The zero-order valence-corrected chi connectivity index (χ0v) is 12.0. The SMILES string of the molecule is C.C=CCN1C(=O)N[C@H](Cc2c[nH]c3c(Cl)cccc23)C1=O. The number of urea groups is 1. The molecule has 5 nitrogen and oxygen atoms in total. The fraction of sp³-hybridized carbons (Fsp3) is 0.250. The van der Waals surface area contributed by atoms with Crippen molar-refractivity contribution in [3.63, 3.8) is 0 Å². The number of halogens is 1. The second-order valence-electron chi connectivity index (χ2n) is 4.92. The number of H-pyrrole nitrogens is 1. The van der Waals surface area contributed by atoms with E-state index in [-0.39, 0.29) is 25.9 Å². The highest BCUT2D eigenvalue weighted by atomic mass is 35.5. The van der Waals surface area contributed by atoms with Crippen LogP contribution in [0.25, 0.3) is 10.9 Å². The van der Waals surface area contributed by atoms with Gasteiger partial charge in [0.15, 0.2) is 0 Å². The molecule has 116 valence electrons. The molecule has 1 aromatic carbocycles. The fourth-order valence-corrected chi connectivity index (χ4v) is 2.81. The molecule has 22 heavy (non-hydrogen) atoms. The molecule has 3 amide bonds. The average Bonchev–Trinajstić information content (AvgIpc) is 2.98. The largest absolute Gasteiger partial charge is 0.360 e. The smallest absolute Gasteiger partial charge is 0.325 e. The van der Waals surface area contributed by atoms with Gasteiger partial charge in [-0.1, -0.05) is 37.2 Å². The molecule has 3 rings (SSSR count). The third-order valence-corrected chi connectivity index (χ3v) is 3.91. The fourth-order valence-electron chi connectivity index (χ4n) is 2.58. The summed E-state index contributed by atoms with van der Waals surface area (Å²) in [4.78, 5) is 28.2. The predicted molar refractivity (Wildman–Crippen MR) is 88.0 cm³/mol. The van der Waals surface area contributed by atoms with Crippen LogP contribution in [0.4, 0.5) is 4.79 Å². The topological polar surface area (TPSA) is 65.2 Å².